The van der Waals surface area contributed by atoms with Crippen LogP contribution in [0, 0.1) is 6.92 Å². The molecule has 1 aromatic carbocycles. The maximum atomic E-state index is 5.79. The molecule has 1 aromatic rings. The van der Waals surface area contributed by atoms with Gasteiger partial charge in [-0.05, 0) is 37.6 Å². The molecule has 1 heterocycles. The molecule has 0 aromatic heterocycles. The molecule has 3 heteroatoms. The largest absolute Gasteiger partial charge is 0.489 e. The molecule has 1 saturated heterocycles. The van der Waals surface area contributed by atoms with Gasteiger partial charge in [-0.2, -0.15) is 0 Å². The zero-order valence-corrected chi connectivity index (χ0v) is 9.14. The molecule has 0 spiro atoms. The molecule has 0 bridgehead atoms. The van der Waals surface area contributed by atoms with Crippen molar-refractivity contribution in [1.82, 2.24) is 5.32 Å². The van der Waals surface area contributed by atoms with Crippen LogP contribution in [-0.2, 0) is 0 Å². The van der Waals surface area contributed by atoms with Gasteiger partial charge in [0.05, 0.1) is 0 Å². The van der Waals surface area contributed by atoms with Crippen molar-refractivity contribution in [2.45, 2.75) is 19.4 Å². The van der Waals surface area contributed by atoms with E-state index in [1.165, 1.54) is 5.56 Å². The Morgan fingerprint density at radius 1 is 1.43 bits per heavy atom. The molecule has 0 aliphatic carbocycles. The van der Waals surface area contributed by atoms with E-state index < -0.39 is 0 Å². The lowest BCUT2D eigenvalue weighted by Crippen LogP contribution is -2.19. The fourth-order valence-electron chi connectivity index (χ4n) is 1.61. The van der Waals surface area contributed by atoms with E-state index in [0.717, 1.165) is 25.3 Å². The van der Waals surface area contributed by atoms with Crippen molar-refractivity contribution in [3.8, 4) is 5.75 Å². The number of aryl methyl sites for hydroxylation is 1. The van der Waals surface area contributed by atoms with Crippen LogP contribution in [0.15, 0.2) is 24.3 Å². The standard InChI is InChI=1S/C11H15NO.ClH/c1-9-3-2-4-10(7-9)13-11-5-6-12-8-11;/h2-4,7,11-12H,5-6,8H2,1H3;1H/t11-;/m0./s1. The van der Waals surface area contributed by atoms with Crippen molar-refractivity contribution in [2.24, 2.45) is 0 Å². The molecule has 0 saturated carbocycles. The lowest BCUT2D eigenvalue weighted by molar-refractivity contribution is 0.223. The third-order valence-electron chi connectivity index (χ3n) is 2.31. The zero-order valence-electron chi connectivity index (χ0n) is 8.32. The Morgan fingerprint density at radius 3 is 2.93 bits per heavy atom. The van der Waals surface area contributed by atoms with Gasteiger partial charge >= 0.3 is 0 Å². The Kier molecular flexibility index (Phi) is 4.23. The van der Waals surface area contributed by atoms with Crippen LogP contribution >= 0.6 is 12.4 Å². The minimum atomic E-state index is 0. The van der Waals surface area contributed by atoms with Crippen molar-refractivity contribution in [3.63, 3.8) is 0 Å². The van der Waals surface area contributed by atoms with Crippen LogP contribution in [0.3, 0.4) is 0 Å². The molecule has 1 fully saturated rings. The maximum Gasteiger partial charge on any atom is 0.120 e. The van der Waals surface area contributed by atoms with Crippen LogP contribution in [0.1, 0.15) is 12.0 Å². The fraction of sp³-hybridized carbons (Fsp3) is 0.455. The second kappa shape index (κ2) is 5.23. The van der Waals surface area contributed by atoms with Gasteiger partial charge in [0.25, 0.3) is 0 Å². The molecule has 1 N–H and O–H groups in total. The smallest absolute Gasteiger partial charge is 0.120 e. The van der Waals surface area contributed by atoms with Crippen LogP contribution in [0.2, 0.25) is 0 Å². The van der Waals surface area contributed by atoms with Gasteiger partial charge in [-0.1, -0.05) is 12.1 Å². The number of hydrogen-bond acceptors (Lipinski definition) is 2. The Bertz CT molecular complexity index is 284. The predicted octanol–water partition coefficient (Wildman–Crippen LogP) is 2.16. The van der Waals surface area contributed by atoms with Crippen molar-refractivity contribution in [3.05, 3.63) is 29.8 Å². The fourth-order valence-corrected chi connectivity index (χ4v) is 1.61. The number of ether oxygens (including phenoxy) is 1. The first kappa shape index (κ1) is 11.3. The van der Waals surface area contributed by atoms with Crippen LogP contribution in [-0.4, -0.2) is 19.2 Å². The van der Waals surface area contributed by atoms with E-state index in [-0.39, 0.29) is 12.4 Å². The maximum absolute atomic E-state index is 5.79. The van der Waals surface area contributed by atoms with E-state index in [9.17, 15) is 0 Å². The molecule has 1 aliphatic heterocycles. The van der Waals surface area contributed by atoms with E-state index in [0.29, 0.717) is 6.10 Å². The number of rotatable bonds is 2. The Labute approximate surface area is 91.1 Å². The highest BCUT2D eigenvalue weighted by Gasteiger charge is 2.15. The topological polar surface area (TPSA) is 21.3 Å². The third-order valence-corrected chi connectivity index (χ3v) is 2.31. The molecule has 0 amide bonds. The van der Waals surface area contributed by atoms with Gasteiger partial charge in [-0.25, -0.2) is 0 Å². The SMILES string of the molecule is Cc1cccc(O[C@H]2CCNC2)c1.Cl. The molecule has 2 rings (SSSR count). The van der Waals surface area contributed by atoms with Gasteiger partial charge in [-0.15, -0.1) is 12.4 Å². The second-order valence-electron chi connectivity index (χ2n) is 3.55. The Morgan fingerprint density at radius 2 is 2.29 bits per heavy atom. The Balaban J connectivity index is 0.000000980. The molecule has 0 unspecified atom stereocenters. The first-order valence-electron chi connectivity index (χ1n) is 4.78. The molecule has 1 atom stereocenters. The van der Waals surface area contributed by atoms with Gasteiger partial charge < -0.3 is 10.1 Å². The number of nitrogens with one attached hydrogen (secondary N) is 1. The summed E-state index contributed by atoms with van der Waals surface area (Å²) < 4.78 is 5.79. The van der Waals surface area contributed by atoms with Gasteiger partial charge in [0.1, 0.15) is 11.9 Å². The number of hydrogen-bond donors (Lipinski definition) is 1. The molecule has 14 heavy (non-hydrogen) atoms. The summed E-state index contributed by atoms with van der Waals surface area (Å²) in [5.74, 6) is 0.994. The summed E-state index contributed by atoms with van der Waals surface area (Å²) in [6, 6.07) is 8.22. The van der Waals surface area contributed by atoms with Crippen molar-refractivity contribution >= 4 is 12.4 Å². The summed E-state index contributed by atoms with van der Waals surface area (Å²) >= 11 is 0. The third kappa shape index (κ3) is 2.89. The van der Waals surface area contributed by atoms with Gasteiger partial charge in [0.15, 0.2) is 0 Å². The van der Waals surface area contributed by atoms with Crippen LogP contribution in [0.25, 0.3) is 0 Å². The average molecular weight is 214 g/mol. The van der Waals surface area contributed by atoms with E-state index >= 15 is 0 Å². The minimum Gasteiger partial charge on any atom is -0.489 e. The average Bonchev–Trinajstić information content (AvgIpc) is 2.57. The van der Waals surface area contributed by atoms with Crippen molar-refractivity contribution < 1.29 is 4.74 Å². The highest BCUT2D eigenvalue weighted by Crippen LogP contribution is 2.16. The number of benzene rings is 1. The summed E-state index contributed by atoms with van der Waals surface area (Å²) in [6.07, 6.45) is 1.48. The molecular weight excluding hydrogens is 198 g/mol. The first-order valence-corrected chi connectivity index (χ1v) is 4.78. The summed E-state index contributed by atoms with van der Waals surface area (Å²) in [5.41, 5.74) is 1.25. The monoisotopic (exact) mass is 213 g/mol. The summed E-state index contributed by atoms with van der Waals surface area (Å²) in [7, 11) is 0. The highest BCUT2D eigenvalue weighted by atomic mass is 35.5. The highest BCUT2D eigenvalue weighted by molar-refractivity contribution is 5.85. The molecule has 0 radical (unpaired) electrons. The van der Waals surface area contributed by atoms with Gasteiger partial charge in [-0.3, -0.25) is 0 Å². The normalized spacial score (nSPS) is 20.2. The quantitative estimate of drug-likeness (QED) is 0.813. The van der Waals surface area contributed by atoms with E-state index in [4.69, 9.17) is 4.74 Å². The van der Waals surface area contributed by atoms with Gasteiger partial charge in [0.2, 0.25) is 0 Å². The minimum absolute atomic E-state index is 0. The Hall–Kier alpha value is -0.730. The molecule has 2 nitrogen and oxygen atoms in total. The predicted molar refractivity (Wildman–Crippen MR) is 60.3 cm³/mol. The van der Waals surface area contributed by atoms with Crippen molar-refractivity contribution in [2.75, 3.05) is 13.1 Å². The lowest BCUT2D eigenvalue weighted by Gasteiger charge is -2.12. The van der Waals surface area contributed by atoms with Gasteiger partial charge in [0, 0.05) is 6.54 Å². The van der Waals surface area contributed by atoms with Crippen molar-refractivity contribution in [1.29, 1.82) is 0 Å². The lowest BCUT2D eigenvalue weighted by atomic mass is 10.2. The van der Waals surface area contributed by atoms with E-state index in [1.807, 2.05) is 12.1 Å². The summed E-state index contributed by atoms with van der Waals surface area (Å²) in [5, 5.41) is 3.28. The summed E-state index contributed by atoms with van der Waals surface area (Å²) in [4.78, 5) is 0. The van der Waals surface area contributed by atoms with E-state index in [2.05, 4.69) is 24.4 Å². The summed E-state index contributed by atoms with van der Waals surface area (Å²) in [6.45, 7) is 4.14. The van der Waals surface area contributed by atoms with Crippen LogP contribution in [0.4, 0.5) is 0 Å². The second-order valence-corrected chi connectivity index (χ2v) is 3.55. The van der Waals surface area contributed by atoms with Crippen LogP contribution in [0.5, 0.6) is 5.75 Å². The number of halogens is 1. The van der Waals surface area contributed by atoms with E-state index in [1.54, 1.807) is 0 Å². The molecule has 78 valence electrons. The zero-order chi connectivity index (χ0) is 9.10. The van der Waals surface area contributed by atoms with Crippen LogP contribution < -0.4 is 10.1 Å². The first-order chi connectivity index (χ1) is 6.34. The molecular formula is C11H16ClNO. The molecule has 1 aliphatic rings.